The quantitative estimate of drug-likeness (QED) is 0.420. The minimum absolute atomic E-state index is 0.0245. The second-order valence-corrected chi connectivity index (χ2v) is 8.90. The van der Waals surface area contributed by atoms with Gasteiger partial charge in [-0.1, -0.05) is 30.3 Å². The van der Waals surface area contributed by atoms with Crippen molar-refractivity contribution in [2.45, 2.75) is 26.3 Å². The van der Waals surface area contributed by atoms with Crippen LogP contribution in [0.4, 0.5) is 11.4 Å². The third-order valence-electron chi connectivity index (χ3n) is 6.44. The van der Waals surface area contributed by atoms with Crippen LogP contribution in [-0.4, -0.2) is 24.0 Å². The molecule has 0 spiro atoms. The molecule has 1 aromatic heterocycles. The molecule has 1 atom stereocenters. The molecule has 0 radical (unpaired) electrons. The van der Waals surface area contributed by atoms with Crippen molar-refractivity contribution in [3.05, 3.63) is 93.1 Å². The van der Waals surface area contributed by atoms with Crippen molar-refractivity contribution in [2.75, 3.05) is 17.3 Å². The van der Waals surface area contributed by atoms with Gasteiger partial charge < -0.3 is 19.7 Å². The molecule has 176 valence electrons. The van der Waals surface area contributed by atoms with Crippen LogP contribution in [0.3, 0.4) is 0 Å². The Morgan fingerprint density at radius 2 is 1.86 bits per heavy atom. The maximum absolute atomic E-state index is 13.1. The van der Waals surface area contributed by atoms with E-state index in [9.17, 15) is 19.5 Å². The van der Waals surface area contributed by atoms with Crippen molar-refractivity contribution in [2.24, 2.45) is 0 Å². The Bertz CT molecular complexity index is 1570. The van der Waals surface area contributed by atoms with Crippen LogP contribution >= 0.6 is 0 Å². The molecule has 1 aliphatic heterocycles. The first-order valence-electron chi connectivity index (χ1n) is 11.3. The van der Waals surface area contributed by atoms with Crippen LogP contribution in [0.1, 0.15) is 40.0 Å². The van der Waals surface area contributed by atoms with E-state index in [4.69, 9.17) is 4.42 Å². The minimum Gasteiger partial charge on any atom is -0.478 e. The molecule has 2 N–H and O–H groups in total. The molecule has 0 saturated carbocycles. The molecule has 4 aromatic rings. The molecule has 0 aliphatic carbocycles. The monoisotopic (exact) mass is 468 g/mol. The van der Waals surface area contributed by atoms with E-state index in [1.54, 1.807) is 42.3 Å². The maximum Gasteiger partial charge on any atom is 0.337 e. The van der Waals surface area contributed by atoms with Crippen molar-refractivity contribution in [3.8, 4) is 11.3 Å². The lowest BCUT2D eigenvalue weighted by Crippen LogP contribution is -2.20. The highest BCUT2D eigenvalue weighted by Gasteiger charge is 2.25. The Kier molecular flexibility index (Phi) is 5.40. The number of anilines is 2. The first-order valence-corrected chi connectivity index (χ1v) is 11.3. The summed E-state index contributed by atoms with van der Waals surface area (Å²) in [5.74, 6) is -0.596. The molecule has 7 heteroatoms. The van der Waals surface area contributed by atoms with Gasteiger partial charge in [-0.2, -0.15) is 0 Å². The number of carbonyl (C=O) groups is 2. The number of carboxylic acids is 1. The summed E-state index contributed by atoms with van der Waals surface area (Å²) in [5.41, 5.74) is 4.99. The second-order valence-electron chi connectivity index (χ2n) is 8.90. The van der Waals surface area contributed by atoms with Crippen LogP contribution in [0, 0.1) is 6.92 Å². The van der Waals surface area contributed by atoms with Crippen LogP contribution < -0.4 is 15.6 Å². The molecule has 35 heavy (non-hydrogen) atoms. The van der Waals surface area contributed by atoms with Crippen molar-refractivity contribution in [3.63, 3.8) is 0 Å². The number of fused-ring (bicyclic) bond motifs is 2. The Balaban J connectivity index is 1.62. The highest BCUT2D eigenvalue weighted by molar-refractivity contribution is 6.01. The zero-order valence-electron chi connectivity index (χ0n) is 19.6. The number of aromatic carboxylic acids is 1. The summed E-state index contributed by atoms with van der Waals surface area (Å²) in [7, 11) is 1.73. The molecule has 0 fully saturated rings. The number of rotatable bonds is 5. The first-order chi connectivity index (χ1) is 16.7. The zero-order valence-corrected chi connectivity index (χ0v) is 19.6. The van der Waals surface area contributed by atoms with Crippen LogP contribution in [-0.2, 0) is 11.2 Å². The topological polar surface area (TPSA) is 99.8 Å². The molecular formula is C28H24N2O5. The standard InChI is InChI=1S/C28H24N2O5/c1-15-10-20(16(2)29-22-7-5-4-6-19(22)28(33)34)27-21(11-15)24(31)14-25(35-27)18-9-8-17-13-26(32)30(3)23(17)12-18/h4-12,14,16,29H,13H2,1-3H3,(H,33,34). The number of likely N-dealkylation sites (N-methyl/N-ethyl adjacent to an activating group) is 1. The lowest BCUT2D eigenvalue weighted by Gasteiger charge is -2.19. The van der Waals surface area contributed by atoms with Crippen molar-refractivity contribution < 1.29 is 19.1 Å². The van der Waals surface area contributed by atoms with Gasteiger partial charge in [-0.25, -0.2) is 4.79 Å². The summed E-state index contributed by atoms with van der Waals surface area (Å²) in [4.78, 5) is 38.5. The molecule has 1 unspecified atom stereocenters. The highest BCUT2D eigenvalue weighted by Crippen LogP contribution is 2.35. The van der Waals surface area contributed by atoms with Crippen LogP contribution in [0.5, 0.6) is 0 Å². The summed E-state index contributed by atoms with van der Waals surface area (Å²) in [6, 6.07) is 17.2. The summed E-state index contributed by atoms with van der Waals surface area (Å²) in [6.45, 7) is 3.80. The predicted molar refractivity (Wildman–Crippen MR) is 135 cm³/mol. The fourth-order valence-electron chi connectivity index (χ4n) is 4.60. The third-order valence-corrected chi connectivity index (χ3v) is 6.44. The van der Waals surface area contributed by atoms with Crippen LogP contribution in [0.2, 0.25) is 0 Å². The van der Waals surface area contributed by atoms with E-state index in [1.165, 1.54) is 6.07 Å². The fourth-order valence-corrected chi connectivity index (χ4v) is 4.60. The third kappa shape index (κ3) is 3.95. The lowest BCUT2D eigenvalue weighted by atomic mass is 10.00. The number of amides is 1. The highest BCUT2D eigenvalue weighted by atomic mass is 16.4. The summed E-state index contributed by atoms with van der Waals surface area (Å²) < 4.78 is 6.31. The summed E-state index contributed by atoms with van der Waals surface area (Å²) >= 11 is 0. The van der Waals surface area contributed by atoms with Gasteiger partial charge in [0, 0.05) is 35.6 Å². The Morgan fingerprint density at radius 3 is 2.63 bits per heavy atom. The number of hydrogen-bond donors (Lipinski definition) is 2. The van der Waals surface area contributed by atoms with Gasteiger partial charge in [0.15, 0.2) is 5.43 Å². The van der Waals surface area contributed by atoms with Crippen molar-refractivity contribution >= 4 is 34.2 Å². The maximum atomic E-state index is 13.1. The van der Waals surface area contributed by atoms with E-state index in [2.05, 4.69) is 5.32 Å². The van der Waals surface area contributed by atoms with E-state index in [0.717, 1.165) is 22.4 Å². The molecule has 2 heterocycles. The van der Waals surface area contributed by atoms with Gasteiger partial charge in [-0.3, -0.25) is 9.59 Å². The van der Waals surface area contributed by atoms with Crippen molar-refractivity contribution in [1.82, 2.24) is 0 Å². The molecular weight excluding hydrogens is 444 g/mol. The van der Waals surface area contributed by atoms with E-state index in [0.29, 0.717) is 34.4 Å². The predicted octanol–water partition coefficient (Wildman–Crippen LogP) is 5.16. The van der Waals surface area contributed by atoms with Gasteiger partial charge in [0.2, 0.25) is 5.91 Å². The number of carbonyl (C=O) groups excluding carboxylic acids is 1. The SMILES string of the molecule is Cc1cc(C(C)Nc2ccccc2C(=O)O)c2oc(-c3ccc4c(c3)N(C)C(=O)C4)cc(=O)c2c1. The molecule has 5 rings (SSSR count). The fraction of sp³-hybridized carbons (Fsp3) is 0.179. The van der Waals surface area contributed by atoms with E-state index in [1.807, 2.05) is 38.1 Å². The smallest absolute Gasteiger partial charge is 0.337 e. The van der Waals surface area contributed by atoms with E-state index >= 15 is 0 Å². The van der Waals surface area contributed by atoms with Crippen LogP contribution in [0.25, 0.3) is 22.3 Å². The minimum atomic E-state index is -1.02. The Hall–Kier alpha value is -4.39. The lowest BCUT2D eigenvalue weighted by molar-refractivity contribution is -0.117. The van der Waals surface area contributed by atoms with Gasteiger partial charge in [0.25, 0.3) is 0 Å². The number of benzene rings is 3. The first kappa shape index (κ1) is 22.4. The second kappa shape index (κ2) is 8.43. The average molecular weight is 469 g/mol. The summed E-state index contributed by atoms with van der Waals surface area (Å²) in [6.07, 6.45) is 0.359. The van der Waals surface area contributed by atoms with Gasteiger partial charge in [-0.15, -0.1) is 0 Å². The van der Waals surface area contributed by atoms with Gasteiger partial charge in [0.05, 0.1) is 23.4 Å². The van der Waals surface area contributed by atoms with Crippen LogP contribution in [0.15, 0.2) is 69.9 Å². The zero-order chi connectivity index (χ0) is 24.9. The average Bonchev–Trinajstić information content (AvgIpc) is 3.12. The molecule has 0 bridgehead atoms. The molecule has 7 nitrogen and oxygen atoms in total. The molecule has 1 aliphatic rings. The largest absolute Gasteiger partial charge is 0.478 e. The van der Waals surface area contributed by atoms with E-state index < -0.39 is 5.97 Å². The van der Waals surface area contributed by atoms with Gasteiger partial charge >= 0.3 is 5.97 Å². The Morgan fingerprint density at radius 1 is 1.09 bits per heavy atom. The number of para-hydroxylation sites is 1. The van der Waals surface area contributed by atoms with Gasteiger partial charge in [-0.05, 0) is 49.2 Å². The number of nitrogens with one attached hydrogen (secondary N) is 1. The van der Waals surface area contributed by atoms with Crippen molar-refractivity contribution in [1.29, 1.82) is 0 Å². The number of nitrogens with zero attached hydrogens (tertiary/aromatic N) is 1. The number of aryl methyl sites for hydroxylation is 1. The molecule has 1 amide bonds. The summed E-state index contributed by atoms with van der Waals surface area (Å²) in [5, 5.41) is 13.3. The van der Waals surface area contributed by atoms with E-state index in [-0.39, 0.29) is 22.9 Å². The Labute approximate surface area is 201 Å². The normalized spacial score (nSPS) is 13.7. The number of carboxylic acid groups (broad SMARTS) is 1. The van der Waals surface area contributed by atoms with Gasteiger partial charge in [0.1, 0.15) is 11.3 Å². The number of hydrogen-bond acceptors (Lipinski definition) is 5. The molecule has 3 aromatic carbocycles. The molecule has 0 saturated heterocycles.